The van der Waals surface area contributed by atoms with Crippen LogP contribution in [0.4, 0.5) is 10.8 Å². The van der Waals surface area contributed by atoms with Crippen LogP contribution in [-0.2, 0) is 6.42 Å². The molecule has 3 aromatic rings. The molecule has 1 atom stereocenters. The first-order chi connectivity index (χ1) is 11.1. The Kier molecular flexibility index (Phi) is 5.29. The SMILES string of the molecule is CCc1noc(C(C)Sc2nnc(Nc3cccc(Br)c3)s2)n1. The van der Waals surface area contributed by atoms with Crippen LogP contribution in [0.5, 0.6) is 0 Å². The molecule has 3 rings (SSSR count). The Hall–Kier alpha value is -1.45. The average Bonchev–Trinajstić information content (AvgIpc) is 3.16. The fourth-order valence-electron chi connectivity index (χ4n) is 1.78. The lowest BCUT2D eigenvalue weighted by molar-refractivity contribution is 0.375. The van der Waals surface area contributed by atoms with Crippen LogP contribution in [0.1, 0.15) is 30.8 Å². The number of benzene rings is 1. The highest BCUT2D eigenvalue weighted by molar-refractivity contribution is 9.10. The van der Waals surface area contributed by atoms with E-state index in [0.717, 1.165) is 31.9 Å². The second kappa shape index (κ2) is 7.41. The molecule has 2 heterocycles. The molecule has 23 heavy (non-hydrogen) atoms. The lowest BCUT2D eigenvalue weighted by Gasteiger charge is -2.02. The first kappa shape index (κ1) is 16.4. The van der Waals surface area contributed by atoms with Crippen molar-refractivity contribution in [3.05, 3.63) is 40.5 Å². The molecule has 0 saturated carbocycles. The van der Waals surface area contributed by atoms with E-state index in [0.29, 0.717) is 5.89 Å². The van der Waals surface area contributed by atoms with Crippen molar-refractivity contribution in [1.29, 1.82) is 0 Å². The summed E-state index contributed by atoms with van der Waals surface area (Å²) >= 11 is 6.50. The Morgan fingerprint density at radius 2 is 2.26 bits per heavy atom. The second-order valence-corrected chi connectivity index (χ2v) is 8.15. The third kappa shape index (κ3) is 4.30. The van der Waals surface area contributed by atoms with Gasteiger partial charge >= 0.3 is 0 Å². The molecule has 0 saturated heterocycles. The van der Waals surface area contributed by atoms with E-state index in [1.165, 1.54) is 11.3 Å². The van der Waals surface area contributed by atoms with E-state index in [-0.39, 0.29) is 5.25 Å². The Balaban J connectivity index is 1.64. The zero-order chi connectivity index (χ0) is 16.2. The average molecular weight is 412 g/mol. The highest BCUT2D eigenvalue weighted by Crippen LogP contribution is 2.37. The van der Waals surface area contributed by atoms with Gasteiger partial charge in [-0.3, -0.25) is 0 Å². The molecule has 0 amide bonds. The summed E-state index contributed by atoms with van der Waals surface area (Å²) in [6.07, 6.45) is 0.764. The molecule has 1 N–H and O–H groups in total. The molecule has 1 aromatic carbocycles. The van der Waals surface area contributed by atoms with Crippen LogP contribution in [0.15, 0.2) is 37.6 Å². The molecule has 0 aliphatic carbocycles. The first-order valence-electron chi connectivity index (χ1n) is 6.99. The third-order valence-electron chi connectivity index (χ3n) is 2.91. The van der Waals surface area contributed by atoms with E-state index in [1.54, 1.807) is 11.8 Å². The van der Waals surface area contributed by atoms with Gasteiger partial charge in [0.15, 0.2) is 10.2 Å². The third-order valence-corrected chi connectivity index (χ3v) is 5.41. The normalized spacial score (nSPS) is 12.3. The monoisotopic (exact) mass is 411 g/mol. The van der Waals surface area contributed by atoms with Crippen molar-refractivity contribution in [2.75, 3.05) is 5.32 Å². The van der Waals surface area contributed by atoms with Gasteiger partial charge in [0, 0.05) is 16.6 Å². The van der Waals surface area contributed by atoms with Gasteiger partial charge in [0.25, 0.3) is 0 Å². The summed E-state index contributed by atoms with van der Waals surface area (Å²) in [7, 11) is 0. The molecule has 0 bridgehead atoms. The summed E-state index contributed by atoms with van der Waals surface area (Å²) in [6, 6.07) is 7.91. The van der Waals surface area contributed by atoms with E-state index in [1.807, 2.05) is 38.1 Å². The summed E-state index contributed by atoms with van der Waals surface area (Å²) in [4.78, 5) is 4.35. The van der Waals surface area contributed by atoms with Crippen molar-refractivity contribution >= 4 is 49.8 Å². The molecular formula is C14H14BrN5OS2. The van der Waals surface area contributed by atoms with Gasteiger partial charge in [0.05, 0.1) is 5.25 Å². The number of nitrogens with zero attached hydrogens (tertiary/aromatic N) is 4. The van der Waals surface area contributed by atoms with Crippen molar-refractivity contribution in [3.63, 3.8) is 0 Å². The summed E-state index contributed by atoms with van der Waals surface area (Å²) in [5.41, 5.74) is 0.963. The van der Waals surface area contributed by atoms with Gasteiger partial charge in [-0.25, -0.2) is 0 Å². The van der Waals surface area contributed by atoms with E-state index in [4.69, 9.17) is 4.52 Å². The van der Waals surface area contributed by atoms with Crippen LogP contribution in [0.2, 0.25) is 0 Å². The quantitative estimate of drug-likeness (QED) is 0.581. The number of rotatable bonds is 6. The maximum Gasteiger partial charge on any atom is 0.239 e. The van der Waals surface area contributed by atoms with Crippen LogP contribution in [-0.4, -0.2) is 20.3 Å². The van der Waals surface area contributed by atoms with Crippen molar-refractivity contribution in [2.45, 2.75) is 29.9 Å². The van der Waals surface area contributed by atoms with Crippen LogP contribution in [0.25, 0.3) is 0 Å². The molecule has 0 fully saturated rings. The van der Waals surface area contributed by atoms with Gasteiger partial charge in [-0.15, -0.1) is 10.2 Å². The van der Waals surface area contributed by atoms with Gasteiger partial charge < -0.3 is 9.84 Å². The summed E-state index contributed by atoms with van der Waals surface area (Å²) in [5.74, 6) is 1.34. The van der Waals surface area contributed by atoms with E-state index in [9.17, 15) is 0 Å². The first-order valence-corrected chi connectivity index (χ1v) is 9.48. The molecule has 0 radical (unpaired) electrons. The zero-order valence-corrected chi connectivity index (χ0v) is 15.7. The van der Waals surface area contributed by atoms with Crippen molar-refractivity contribution in [1.82, 2.24) is 20.3 Å². The van der Waals surface area contributed by atoms with Gasteiger partial charge in [-0.05, 0) is 25.1 Å². The van der Waals surface area contributed by atoms with Crippen LogP contribution in [0, 0.1) is 0 Å². The Labute approximate surface area is 150 Å². The molecule has 6 nitrogen and oxygen atoms in total. The van der Waals surface area contributed by atoms with Gasteiger partial charge in [-0.1, -0.05) is 57.2 Å². The number of halogens is 1. The zero-order valence-electron chi connectivity index (χ0n) is 12.5. The van der Waals surface area contributed by atoms with Crippen LogP contribution < -0.4 is 5.32 Å². The fourth-order valence-corrected chi connectivity index (χ4v) is 4.12. The summed E-state index contributed by atoms with van der Waals surface area (Å²) in [5, 5.41) is 16.3. The van der Waals surface area contributed by atoms with Gasteiger partial charge in [-0.2, -0.15) is 4.98 Å². The number of thioether (sulfide) groups is 1. The molecule has 9 heteroatoms. The Morgan fingerprint density at radius 1 is 1.39 bits per heavy atom. The number of aromatic nitrogens is 4. The summed E-state index contributed by atoms with van der Waals surface area (Å²) < 4.78 is 7.12. The van der Waals surface area contributed by atoms with Gasteiger partial charge in [0.1, 0.15) is 0 Å². The number of hydrogen-bond acceptors (Lipinski definition) is 8. The van der Waals surface area contributed by atoms with E-state index in [2.05, 4.69) is 41.6 Å². The van der Waals surface area contributed by atoms with Crippen molar-refractivity contribution in [3.8, 4) is 0 Å². The minimum Gasteiger partial charge on any atom is -0.338 e. The standard InChI is InChI=1S/C14H14BrN5OS2/c1-3-11-17-12(21-20-11)8(2)22-14-19-18-13(23-14)16-10-6-4-5-9(15)7-10/h4-8H,3H2,1-2H3,(H,16,18). The van der Waals surface area contributed by atoms with Crippen molar-refractivity contribution in [2.24, 2.45) is 0 Å². The van der Waals surface area contributed by atoms with E-state index >= 15 is 0 Å². The number of anilines is 2. The topological polar surface area (TPSA) is 76.7 Å². The van der Waals surface area contributed by atoms with Gasteiger partial charge in [0.2, 0.25) is 11.0 Å². The second-order valence-electron chi connectivity index (χ2n) is 4.67. The highest BCUT2D eigenvalue weighted by atomic mass is 79.9. The lowest BCUT2D eigenvalue weighted by Crippen LogP contribution is -1.89. The summed E-state index contributed by atoms with van der Waals surface area (Å²) in [6.45, 7) is 4.01. The van der Waals surface area contributed by atoms with Crippen LogP contribution >= 0.6 is 39.0 Å². The minimum atomic E-state index is 0.0365. The molecule has 0 spiro atoms. The molecular weight excluding hydrogens is 398 g/mol. The minimum absolute atomic E-state index is 0.0365. The Morgan fingerprint density at radius 3 is 3.00 bits per heavy atom. The molecule has 0 aliphatic heterocycles. The lowest BCUT2D eigenvalue weighted by atomic mass is 10.3. The maximum absolute atomic E-state index is 5.26. The predicted octanol–water partition coefficient (Wildman–Crippen LogP) is 4.84. The number of aryl methyl sites for hydroxylation is 1. The van der Waals surface area contributed by atoms with Crippen LogP contribution in [0.3, 0.4) is 0 Å². The number of hydrogen-bond donors (Lipinski definition) is 1. The Bertz CT molecular complexity index is 791. The molecule has 2 aromatic heterocycles. The maximum atomic E-state index is 5.26. The largest absolute Gasteiger partial charge is 0.338 e. The smallest absolute Gasteiger partial charge is 0.239 e. The van der Waals surface area contributed by atoms with Crippen molar-refractivity contribution < 1.29 is 4.52 Å². The number of nitrogens with one attached hydrogen (secondary N) is 1. The predicted molar refractivity (Wildman–Crippen MR) is 95.3 cm³/mol. The molecule has 0 aliphatic rings. The highest BCUT2D eigenvalue weighted by Gasteiger charge is 2.17. The molecule has 120 valence electrons. The fraction of sp³-hybridized carbons (Fsp3) is 0.286. The van der Waals surface area contributed by atoms with E-state index < -0.39 is 0 Å². The molecule has 1 unspecified atom stereocenters.